The lowest BCUT2D eigenvalue weighted by Gasteiger charge is -2.27. The Morgan fingerprint density at radius 1 is 1.23 bits per heavy atom. The van der Waals surface area contributed by atoms with Crippen LogP contribution in [0, 0.1) is 0 Å². The fourth-order valence-electron chi connectivity index (χ4n) is 3.51. The van der Waals surface area contributed by atoms with Crippen molar-refractivity contribution in [3.8, 4) is 0 Å². The molecule has 2 heterocycles. The molecule has 26 heavy (non-hydrogen) atoms. The largest absolute Gasteiger partial charge is 0.455 e. The van der Waals surface area contributed by atoms with Crippen LogP contribution in [0.5, 0.6) is 0 Å². The first-order valence-corrected chi connectivity index (χ1v) is 9.56. The lowest BCUT2D eigenvalue weighted by Crippen LogP contribution is -2.41. The fraction of sp³-hybridized carbons (Fsp3) is 0.476. The Bertz CT molecular complexity index is 736. The molecule has 2 aromatic rings. The molecule has 0 saturated carbocycles. The van der Waals surface area contributed by atoms with Crippen molar-refractivity contribution >= 4 is 11.6 Å². The van der Waals surface area contributed by atoms with Crippen molar-refractivity contribution in [1.82, 2.24) is 10.2 Å². The van der Waals surface area contributed by atoms with Crippen LogP contribution in [-0.2, 0) is 13.0 Å². The topological polar surface area (TPSA) is 48.7 Å². The summed E-state index contributed by atoms with van der Waals surface area (Å²) in [6.45, 7) is 10.7. The molecule has 1 aliphatic rings. The Kier molecular flexibility index (Phi) is 5.99. The van der Waals surface area contributed by atoms with Gasteiger partial charge >= 0.3 is 0 Å². The molecule has 1 amide bonds. The summed E-state index contributed by atoms with van der Waals surface area (Å²) in [7, 11) is 0. The van der Waals surface area contributed by atoms with Crippen LogP contribution in [0.2, 0.25) is 0 Å². The smallest absolute Gasteiger partial charge is 0.287 e. The zero-order valence-electron chi connectivity index (χ0n) is 16.0. The fourth-order valence-corrected chi connectivity index (χ4v) is 3.51. The van der Waals surface area contributed by atoms with Crippen molar-refractivity contribution in [2.45, 2.75) is 39.8 Å². The molecule has 3 rings (SSSR count). The molecule has 0 fully saturated rings. The summed E-state index contributed by atoms with van der Waals surface area (Å²) in [6.07, 6.45) is 1.07. The van der Waals surface area contributed by atoms with E-state index in [-0.39, 0.29) is 11.9 Å². The number of amides is 1. The molecular weight excluding hydrogens is 326 g/mol. The van der Waals surface area contributed by atoms with E-state index in [9.17, 15) is 4.79 Å². The van der Waals surface area contributed by atoms with Gasteiger partial charge in [0, 0.05) is 24.8 Å². The number of nitrogens with one attached hydrogen (secondary N) is 1. The third-order valence-electron chi connectivity index (χ3n) is 5.17. The zero-order chi connectivity index (χ0) is 18.5. The summed E-state index contributed by atoms with van der Waals surface area (Å²) in [5, 5.41) is 3.01. The average molecular weight is 355 g/mol. The van der Waals surface area contributed by atoms with Crippen LogP contribution >= 0.6 is 0 Å². The number of hydrogen-bond acceptors (Lipinski definition) is 4. The molecule has 1 aliphatic heterocycles. The molecule has 1 unspecified atom stereocenters. The number of carbonyl (C=O) groups excluding carboxylic acids is 1. The van der Waals surface area contributed by atoms with Crippen LogP contribution in [0.4, 0.5) is 5.69 Å². The quantitative estimate of drug-likeness (QED) is 0.789. The number of rotatable bonds is 8. The molecule has 140 valence electrons. The molecule has 0 spiro atoms. The summed E-state index contributed by atoms with van der Waals surface area (Å²) in [4.78, 5) is 17.0. The van der Waals surface area contributed by atoms with Crippen molar-refractivity contribution in [2.75, 3.05) is 31.1 Å². The van der Waals surface area contributed by atoms with Crippen LogP contribution in [-0.4, -0.2) is 43.0 Å². The van der Waals surface area contributed by atoms with Gasteiger partial charge in [-0.05, 0) is 50.2 Å². The highest BCUT2D eigenvalue weighted by atomic mass is 16.4. The minimum Gasteiger partial charge on any atom is -0.455 e. The Hall–Kier alpha value is -2.27. The van der Waals surface area contributed by atoms with Gasteiger partial charge in [-0.2, -0.15) is 0 Å². The number of nitrogens with zero attached hydrogens (tertiary/aromatic N) is 2. The molecule has 1 aromatic heterocycles. The molecule has 0 radical (unpaired) electrons. The van der Waals surface area contributed by atoms with E-state index >= 15 is 0 Å². The van der Waals surface area contributed by atoms with E-state index in [4.69, 9.17) is 4.42 Å². The van der Waals surface area contributed by atoms with Crippen molar-refractivity contribution < 1.29 is 9.21 Å². The van der Waals surface area contributed by atoms with Crippen LogP contribution in [0.3, 0.4) is 0 Å². The molecule has 1 N–H and O–H groups in total. The van der Waals surface area contributed by atoms with Crippen molar-refractivity contribution in [3.05, 3.63) is 53.5 Å². The summed E-state index contributed by atoms with van der Waals surface area (Å²) >= 11 is 0. The average Bonchev–Trinajstić information content (AvgIpc) is 3.31. The Morgan fingerprint density at radius 2 is 2.00 bits per heavy atom. The van der Waals surface area contributed by atoms with Gasteiger partial charge in [0.2, 0.25) is 0 Å². The van der Waals surface area contributed by atoms with Crippen molar-refractivity contribution in [3.63, 3.8) is 0 Å². The molecule has 0 bridgehead atoms. The lowest BCUT2D eigenvalue weighted by atomic mass is 10.2. The van der Waals surface area contributed by atoms with Crippen molar-refractivity contribution in [1.29, 1.82) is 0 Å². The molecule has 5 heteroatoms. The van der Waals surface area contributed by atoms with Gasteiger partial charge in [0.15, 0.2) is 5.76 Å². The van der Waals surface area contributed by atoms with Gasteiger partial charge in [-0.3, -0.25) is 9.69 Å². The number of anilines is 1. The number of para-hydroxylation sites is 1. The zero-order valence-corrected chi connectivity index (χ0v) is 16.0. The normalized spacial score (nSPS) is 14.5. The first-order chi connectivity index (χ1) is 12.6. The van der Waals surface area contributed by atoms with Gasteiger partial charge in [0.05, 0.1) is 6.54 Å². The second-order valence-corrected chi connectivity index (χ2v) is 6.86. The van der Waals surface area contributed by atoms with Gasteiger partial charge in [-0.1, -0.05) is 32.0 Å². The monoisotopic (exact) mass is 355 g/mol. The van der Waals surface area contributed by atoms with E-state index in [0.717, 1.165) is 38.4 Å². The summed E-state index contributed by atoms with van der Waals surface area (Å²) in [5.41, 5.74) is 2.67. The molecule has 5 nitrogen and oxygen atoms in total. The summed E-state index contributed by atoms with van der Waals surface area (Å²) in [5.74, 6) is 1.08. The second kappa shape index (κ2) is 8.41. The third kappa shape index (κ3) is 4.10. The van der Waals surface area contributed by atoms with Gasteiger partial charge in [0.25, 0.3) is 5.91 Å². The van der Waals surface area contributed by atoms with E-state index in [2.05, 4.69) is 60.2 Å². The Balaban J connectivity index is 1.54. The SMILES string of the molecule is CCN(CC)Cc1ccc(C(=O)NCC(C)N2CCc3ccccc32)o1. The third-order valence-corrected chi connectivity index (χ3v) is 5.17. The van der Waals surface area contributed by atoms with Crippen LogP contribution < -0.4 is 10.2 Å². The highest BCUT2D eigenvalue weighted by molar-refractivity contribution is 5.91. The number of carbonyl (C=O) groups is 1. The first-order valence-electron chi connectivity index (χ1n) is 9.56. The van der Waals surface area contributed by atoms with Crippen molar-refractivity contribution in [2.24, 2.45) is 0 Å². The van der Waals surface area contributed by atoms with Crippen LogP contribution in [0.25, 0.3) is 0 Å². The van der Waals surface area contributed by atoms with E-state index in [0.29, 0.717) is 12.3 Å². The molecule has 1 aromatic carbocycles. The molecule has 0 saturated heterocycles. The maximum absolute atomic E-state index is 12.4. The van der Waals surface area contributed by atoms with Gasteiger partial charge in [-0.25, -0.2) is 0 Å². The molecular formula is C21H29N3O2. The molecule has 0 aliphatic carbocycles. The Morgan fingerprint density at radius 3 is 2.77 bits per heavy atom. The van der Waals surface area contributed by atoms with Gasteiger partial charge in [0.1, 0.15) is 5.76 Å². The lowest BCUT2D eigenvalue weighted by molar-refractivity contribution is 0.0920. The second-order valence-electron chi connectivity index (χ2n) is 6.86. The molecule has 1 atom stereocenters. The highest BCUT2D eigenvalue weighted by Crippen LogP contribution is 2.28. The van der Waals surface area contributed by atoms with E-state index in [1.165, 1.54) is 11.3 Å². The summed E-state index contributed by atoms with van der Waals surface area (Å²) in [6, 6.07) is 12.4. The minimum atomic E-state index is -0.143. The van der Waals surface area contributed by atoms with Crippen LogP contribution in [0.15, 0.2) is 40.8 Å². The Labute approximate surface area is 156 Å². The number of hydrogen-bond donors (Lipinski definition) is 1. The van der Waals surface area contributed by atoms with E-state index in [1.807, 2.05) is 6.07 Å². The van der Waals surface area contributed by atoms with Gasteiger partial charge < -0.3 is 14.6 Å². The maximum Gasteiger partial charge on any atom is 0.287 e. The highest BCUT2D eigenvalue weighted by Gasteiger charge is 2.23. The predicted molar refractivity (Wildman–Crippen MR) is 105 cm³/mol. The predicted octanol–water partition coefficient (Wildman–Crippen LogP) is 3.30. The maximum atomic E-state index is 12.4. The number of furan rings is 1. The summed E-state index contributed by atoms with van der Waals surface area (Å²) < 4.78 is 5.73. The standard InChI is InChI=1S/C21H29N3O2/c1-4-23(5-2)15-18-10-11-20(26-18)21(25)22-14-16(3)24-13-12-17-8-6-7-9-19(17)24/h6-11,16H,4-5,12-15H2,1-3H3,(H,22,25). The van der Waals surface area contributed by atoms with E-state index in [1.54, 1.807) is 6.07 Å². The first kappa shape index (κ1) is 18.5. The van der Waals surface area contributed by atoms with Crippen LogP contribution in [0.1, 0.15) is 42.6 Å². The van der Waals surface area contributed by atoms with Gasteiger partial charge in [-0.15, -0.1) is 0 Å². The minimum absolute atomic E-state index is 0.143. The van der Waals surface area contributed by atoms with E-state index < -0.39 is 0 Å². The number of benzene rings is 1. The number of fused-ring (bicyclic) bond motifs is 1.